The van der Waals surface area contributed by atoms with Crippen LogP contribution in [-0.4, -0.2) is 61.3 Å². The summed E-state index contributed by atoms with van der Waals surface area (Å²) in [7, 11) is 0. The number of fused-ring (bicyclic) bond motifs is 3. The van der Waals surface area contributed by atoms with Crippen molar-refractivity contribution in [1.82, 2.24) is 9.30 Å². The Bertz CT molecular complexity index is 1030. The number of pyridine rings is 1. The highest BCUT2D eigenvalue weighted by Gasteiger charge is 2.20. The van der Waals surface area contributed by atoms with E-state index in [-0.39, 0.29) is 12.6 Å². The summed E-state index contributed by atoms with van der Waals surface area (Å²) in [6, 6.07) is 13.2. The third-order valence-electron chi connectivity index (χ3n) is 4.86. The highest BCUT2D eigenvalue weighted by Crippen LogP contribution is 2.29. The zero-order valence-corrected chi connectivity index (χ0v) is 15.5. The molecule has 0 amide bonds. The van der Waals surface area contributed by atoms with E-state index in [1.165, 1.54) is 0 Å². The second-order valence-corrected chi connectivity index (χ2v) is 6.55. The number of ether oxygens (including phenoxy) is 3. The van der Waals surface area contributed by atoms with E-state index in [9.17, 15) is 4.79 Å². The minimum absolute atomic E-state index is 0.0266. The molecule has 0 N–H and O–H groups in total. The number of morpholine rings is 1. The summed E-state index contributed by atoms with van der Waals surface area (Å²) in [5.41, 5.74) is 2.19. The van der Waals surface area contributed by atoms with Crippen LogP contribution in [0.15, 0.2) is 42.6 Å². The van der Waals surface area contributed by atoms with E-state index in [0.717, 1.165) is 42.7 Å². The van der Waals surface area contributed by atoms with Crippen LogP contribution in [0.5, 0.6) is 5.75 Å². The lowest BCUT2D eigenvalue weighted by molar-refractivity contribution is 0.0197. The molecule has 0 atom stereocenters. The number of rotatable bonds is 6. The second kappa shape index (κ2) is 8.30. The molecule has 0 aliphatic carbocycles. The number of hydrogen-bond acceptors (Lipinski definition) is 6. The molecule has 1 aliphatic heterocycles. The summed E-state index contributed by atoms with van der Waals surface area (Å²) in [5.74, 6) is 0.236. The summed E-state index contributed by atoms with van der Waals surface area (Å²) < 4.78 is 18.2. The lowest BCUT2D eigenvalue weighted by Crippen LogP contribution is -2.38. The fourth-order valence-corrected chi connectivity index (χ4v) is 3.50. The number of nitrogens with zero attached hydrogens (tertiary/aromatic N) is 3. The van der Waals surface area contributed by atoms with E-state index >= 15 is 0 Å². The number of esters is 1. The Morgan fingerprint density at radius 2 is 1.96 bits per heavy atom. The molecular formula is C21H21N3O4. The SMILES string of the molecule is N#CCOc1ccc2c(C(=O)OCCN3CCOCC3)c3ccccc3n2c1. The molecule has 1 aliphatic rings. The predicted octanol–water partition coefficient (Wildman–Crippen LogP) is 2.48. The van der Waals surface area contributed by atoms with Gasteiger partial charge in [-0.25, -0.2) is 4.79 Å². The molecule has 3 aromatic rings. The third-order valence-corrected chi connectivity index (χ3v) is 4.86. The zero-order valence-electron chi connectivity index (χ0n) is 15.5. The first-order valence-electron chi connectivity index (χ1n) is 9.28. The third kappa shape index (κ3) is 3.65. The van der Waals surface area contributed by atoms with Gasteiger partial charge in [-0.15, -0.1) is 0 Å². The second-order valence-electron chi connectivity index (χ2n) is 6.55. The van der Waals surface area contributed by atoms with Crippen molar-refractivity contribution in [2.24, 2.45) is 0 Å². The fourth-order valence-electron chi connectivity index (χ4n) is 3.50. The molecule has 2 aromatic heterocycles. The van der Waals surface area contributed by atoms with Crippen molar-refractivity contribution in [2.45, 2.75) is 0 Å². The van der Waals surface area contributed by atoms with Crippen molar-refractivity contribution in [3.05, 3.63) is 48.2 Å². The molecule has 3 heterocycles. The Balaban J connectivity index is 1.59. The van der Waals surface area contributed by atoms with Crippen LogP contribution in [0.1, 0.15) is 10.4 Å². The molecule has 1 fully saturated rings. The Hall–Kier alpha value is -3.08. The van der Waals surface area contributed by atoms with Crippen LogP contribution < -0.4 is 4.74 Å². The van der Waals surface area contributed by atoms with E-state index < -0.39 is 0 Å². The van der Waals surface area contributed by atoms with E-state index in [1.807, 2.05) is 40.8 Å². The average Bonchev–Trinajstić information content (AvgIpc) is 3.07. The number of nitriles is 1. The van der Waals surface area contributed by atoms with Gasteiger partial charge in [-0.3, -0.25) is 4.90 Å². The van der Waals surface area contributed by atoms with Crippen molar-refractivity contribution in [3.8, 4) is 11.8 Å². The maximum absolute atomic E-state index is 12.9. The van der Waals surface area contributed by atoms with Crippen LogP contribution in [0.4, 0.5) is 0 Å². The lowest BCUT2D eigenvalue weighted by atomic mass is 10.1. The van der Waals surface area contributed by atoms with Gasteiger partial charge in [0.2, 0.25) is 0 Å². The summed E-state index contributed by atoms with van der Waals surface area (Å²) in [5, 5.41) is 9.54. The summed E-state index contributed by atoms with van der Waals surface area (Å²) in [4.78, 5) is 15.1. The number of aromatic nitrogens is 1. The molecule has 1 aromatic carbocycles. The van der Waals surface area contributed by atoms with Crippen molar-refractivity contribution in [1.29, 1.82) is 5.26 Å². The van der Waals surface area contributed by atoms with Gasteiger partial charge in [0.15, 0.2) is 6.61 Å². The zero-order chi connectivity index (χ0) is 19.3. The summed E-state index contributed by atoms with van der Waals surface area (Å²) >= 11 is 0. The molecular weight excluding hydrogens is 358 g/mol. The van der Waals surface area contributed by atoms with Gasteiger partial charge >= 0.3 is 5.97 Å². The van der Waals surface area contributed by atoms with Crippen LogP contribution >= 0.6 is 0 Å². The Morgan fingerprint density at radius 3 is 2.79 bits per heavy atom. The van der Waals surface area contributed by atoms with E-state index in [1.54, 1.807) is 12.3 Å². The normalized spacial score (nSPS) is 14.8. The number of para-hydroxylation sites is 1. The monoisotopic (exact) mass is 379 g/mol. The molecule has 7 heteroatoms. The maximum Gasteiger partial charge on any atom is 0.341 e. The number of carbonyl (C=O) groups is 1. The smallest absolute Gasteiger partial charge is 0.341 e. The van der Waals surface area contributed by atoms with E-state index in [4.69, 9.17) is 19.5 Å². The molecule has 1 saturated heterocycles. The molecule has 0 saturated carbocycles. The minimum Gasteiger partial charge on any atom is -0.477 e. The first kappa shape index (κ1) is 18.3. The number of carbonyl (C=O) groups excluding carboxylic acids is 1. The predicted molar refractivity (Wildman–Crippen MR) is 104 cm³/mol. The van der Waals surface area contributed by atoms with Crippen molar-refractivity contribution in [3.63, 3.8) is 0 Å². The van der Waals surface area contributed by atoms with Crippen LogP contribution in [0, 0.1) is 11.3 Å². The van der Waals surface area contributed by atoms with Gasteiger partial charge in [0.1, 0.15) is 18.4 Å². The van der Waals surface area contributed by atoms with Crippen molar-refractivity contribution < 1.29 is 19.0 Å². The van der Waals surface area contributed by atoms with E-state index in [0.29, 0.717) is 24.5 Å². The minimum atomic E-state index is -0.336. The van der Waals surface area contributed by atoms with Crippen LogP contribution in [-0.2, 0) is 9.47 Å². The molecule has 0 spiro atoms. The highest BCUT2D eigenvalue weighted by atomic mass is 16.5. The highest BCUT2D eigenvalue weighted by molar-refractivity contribution is 6.11. The Morgan fingerprint density at radius 1 is 1.14 bits per heavy atom. The van der Waals surface area contributed by atoms with Gasteiger partial charge in [0.05, 0.1) is 36.0 Å². The quantitative estimate of drug-likeness (QED) is 0.613. The first-order chi connectivity index (χ1) is 13.8. The Labute approximate surface area is 162 Å². The molecule has 144 valence electrons. The number of benzene rings is 1. The molecule has 4 rings (SSSR count). The van der Waals surface area contributed by atoms with E-state index in [2.05, 4.69) is 4.90 Å². The van der Waals surface area contributed by atoms with Gasteiger partial charge in [-0.2, -0.15) is 5.26 Å². The standard InChI is InChI=1S/C21H21N3O4/c22-7-11-27-16-5-6-19-20(17-3-1-2-4-18(17)24(19)15-16)21(25)28-14-10-23-8-12-26-13-9-23/h1-6,15H,8-14H2. The van der Waals surface area contributed by atoms with Gasteiger partial charge in [-0.1, -0.05) is 18.2 Å². The van der Waals surface area contributed by atoms with Gasteiger partial charge in [-0.05, 0) is 18.2 Å². The summed E-state index contributed by atoms with van der Waals surface area (Å²) in [6.07, 6.45) is 1.79. The lowest BCUT2D eigenvalue weighted by Gasteiger charge is -2.26. The van der Waals surface area contributed by atoms with Crippen LogP contribution in [0.25, 0.3) is 16.4 Å². The topological polar surface area (TPSA) is 76.2 Å². The molecule has 28 heavy (non-hydrogen) atoms. The largest absolute Gasteiger partial charge is 0.477 e. The number of hydrogen-bond donors (Lipinski definition) is 0. The maximum atomic E-state index is 12.9. The van der Waals surface area contributed by atoms with Crippen molar-refractivity contribution in [2.75, 3.05) is 46.1 Å². The summed E-state index contributed by atoms with van der Waals surface area (Å²) in [6.45, 7) is 4.18. The van der Waals surface area contributed by atoms with Crippen LogP contribution in [0.3, 0.4) is 0 Å². The molecule has 0 unspecified atom stereocenters. The Kier molecular flexibility index (Phi) is 5.42. The molecule has 7 nitrogen and oxygen atoms in total. The van der Waals surface area contributed by atoms with Gasteiger partial charge < -0.3 is 18.6 Å². The average molecular weight is 379 g/mol. The van der Waals surface area contributed by atoms with Gasteiger partial charge in [0, 0.05) is 25.0 Å². The van der Waals surface area contributed by atoms with Gasteiger partial charge in [0.25, 0.3) is 0 Å². The first-order valence-corrected chi connectivity index (χ1v) is 9.28. The fraction of sp³-hybridized carbons (Fsp3) is 0.333. The van der Waals surface area contributed by atoms with Crippen molar-refractivity contribution >= 4 is 22.4 Å². The molecule has 0 radical (unpaired) electrons. The van der Waals surface area contributed by atoms with Crippen LogP contribution in [0.2, 0.25) is 0 Å². The molecule has 0 bridgehead atoms.